The normalized spacial score (nSPS) is 19.8. The van der Waals surface area contributed by atoms with E-state index in [-0.39, 0.29) is 18.1 Å². The molecule has 0 saturated heterocycles. The summed E-state index contributed by atoms with van der Waals surface area (Å²) in [5, 5.41) is 3.81. The van der Waals surface area contributed by atoms with Crippen LogP contribution >= 0.6 is 11.6 Å². The number of benzene rings is 1. The molecule has 3 rings (SSSR count). The Morgan fingerprint density at radius 3 is 2.35 bits per heavy atom. The number of aromatic nitrogens is 2. The van der Waals surface area contributed by atoms with Gasteiger partial charge in [-0.1, -0.05) is 23.7 Å². The maximum absolute atomic E-state index is 12.2. The van der Waals surface area contributed by atoms with Crippen LogP contribution < -0.4 is 10.1 Å². The summed E-state index contributed by atoms with van der Waals surface area (Å²) in [4.78, 5) is 20.9. The van der Waals surface area contributed by atoms with E-state index < -0.39 is 0 Å². The number of amides is 1. The van der Waals surface area contributed by atoms with Crippen molar-refractivity contribution in [3.05, 3.63) is 52.3 Å². The molecule has 26 heavy (non-hydrogen) atoms. The standard InChI is InChI=1S/C20H24ClN3O2/c1-13-11-14(2)23-20(22-13)26-18-9-7-17(8-10-18)24-19(25)12-15-3-5-16(21)6-4-15/h3-6,11,17-18H,7-10,12H2,1-2H3,(H,24,25). The predicted octanol–water partition coefficient (Wildman–Crippen LogP) is 3.80. The zero-order chi connectivity index (χ0) is 18.5. The molecule has 1 amide bonds. The van der Waals surface area contributed by atoms with Gasteiger partial charge in [0.15, 0.2) is 0 Å². The van der Waals surface area contributed by atoms with E-state index in [9.17, 15) is 4.79 Å². The first-order valence-electron chi connectivity index (χ1n) is 9.00. The lowest BCUT2D eigenvalue weighted by atomic mass is 9.93. The van der Waals surface area contributed by atoms with Gasteiger partial charge in [-0.2, -0.15) is 0 Å². The first-order valence-corrected chi connectivity index (χ1v) is 9.38. The molecule has 1 saturated carbocycles. The topological polar surface area (TPSA) is 64.1 Å². The molecule has 1 N–H and O–H groups in total. The highest BCUT2D eigenvalue weighted by atomic mass is 35.5. The molecule has 1 aliphatic rings. The van der Waals surface area contributed by atoms with E-state index in [0.29, 0.717) is 17.5 Å². The van der Waals surface area contributed by atoms with Gasteiger partial charge in [-0.3, -0.25) is 4.79 Å². The highest BCUT2D eigenvalue weighted by molar-refractivity contribution is 6.30. The van der Waals surface area contributed by atoms with E-state index >= 15 is 0 Å². The maximum Gasteiger partial charge on any atom is 0.317 e. The van der Waals surface area contributed by atoms with Gasteiger partial charge in [-0.15, -0.1) is 0 Å². The Morgan fingerprint density at radius 1 is 1.12 bits per heavy atom. The van der Waals surface area contributed by atoms with Gasteiger partial charge in [0, 0.05) is 22.5 Å². The molecule has 5 nitrogen and oxygen atoms in total. The minimum atomic E-state index is 0.0503. The van der Waals surface area contributed by atoms with Crippen LogP contribution in [0.15, 0.2) is 30.3 Å². The molecule has 0 aliphatic heterocycles. The average molecular weight is 374 g/mol. The van der Waals surface area contributed by atoms with Gasteiger partial charge < -0.3 is 10.1 Å². The molecule has 0 unspecified atom stereocenters. The van der Waals surface area contributed by atoms with Crippen LogP contribution in [0.2, 0.25) is 5.02 Å². The molecule has 2 aromatic rings. The summed E-state index contributed by atoms with van der Waals surface area (Å²) in [6, 6.07) is 9.98. The lowest BCUT2D eigenvalue weighted by Gasteiger charge is -2.29. The van der Waals surface area contributed by atoms with Crippen molar-refractivity contribution in [2.45, 2.75) is 58.1 Å². The van der Waals surface area contributed by atoms with Crippen LogP contribution in [0.5, 0.6) is 6.01 Å². The number of carbonyl (C=O) groups is 1. The van der Waals surface area contributed by atoms with Crippen LogP contribution in [0.3, 0.4) is 0 Å². The summed E-state index contributed by atoms with van der Waals surface area (Å²) < 4.78 is 5.93. The summed E-state index contributed by atoms with van der Waals surface area (Å²) in [5.74, 6) is 0.0503. The smallest absolute Gasteiger partial charge is 0.317 e. The fourth-order valence-corrected chi connectivity index (χ4v) is 3.41. The predicted molar refractivity (Wildman–Crippen MR) is 101 cm³/mol. The Balaban J connectivity index is 1.44. The third-order valence-corrected chi connectivity index (χ3v) is 4.80. The third-order valence-electron chi connectivity index (χ3n) is 4.55. The van der Waals surface area contributed by atoms with Gasteiger partial charge >= 0.3 is 6.01 Å². The van der Waals surface area contributed by atoms with E-state index in [0.717, 1.165) is 42.6 Å². The van der Waals surface area contributed by atoms with Crippen LogP contribution in [0, 0.1) is 13.8 Å². The Labute approximate surface area is 159 Å². The summed E-state index contributed by atoms with van der Waals surface area (Å²) in [6.45, 7) is 3.88. The van der Waals surface area contributed by atoms with Crippen LogP contribution in [0.25, 0.3) is 0 Å². The summed E-state index contributed by atoms with van der Waals surface area (Å²) in [5.41, 5.74) is 2.79. The van der Waals surface area contributed by atoms with Crippen molar-refractivity contribution in [3.63, 3.8) is 0 Å². The van der Waals surface area contributed by atoms with Crippen molar-refractivity contribution in [2.24, 2.45) is 0 Å². The molecule has 0 bridgehead atoms. The van der Waals surface area contributed by atoms with Crippen LogP contribution in [0.1, 0.15) is 42.6 Å². The largest absolute Gasteiger partial charge is 0.460 e. The number of hydrogen-bond donors (Lipinski definition) is 1. The second kappa shape index (κ2) is 8.49. The van der Waals surface area contributed by atoms with Gasteiger partial charge in [0.1, 0.15) is 6.10 Å². The molecule has 1 heterocycles. The fourth-order valence-electron chi connectivity index (χ4n) is 3.29. The van der Waals surface area contributed by atoms with E-state index in [1.807, 2.05) is 44.2 Å². The number of hydrogen-bond acceptors (Lipinski definition) is 4. The first-order chi connectivity index (χ1) is 12.5. The summed E-state index contributed by atoms with van der Waals surface area (Å²) in [6.07, 6.45) is 4.08. The number of aryl methyl sites for hydroxylation is 2. The Bertz CT molecular complexity index is 736. The highest BCUT2D eigenvalue weighted by Crippen LogP contribution is 2.22. The van der Waals surface area contributed by atoms with Crippen LogP contribution in [-0.2, 0) is 11.2 Å². The Kier molecular flexibility index (Phi) is 6.09. The molecule has 1 aliphatic carbocycles. The Hall–Kier alpha value is -2.14. The third kappa shape index (κ3) is 5.43. The van der Waals surface area contributed by atoms with Crippen molar-refractivity contribution >= 4 is 17.5 Å². The van der Waals surface area contributed by atoms with Crippen LogP contribution in [-0.4, -0.2) is 28.0 Å². The van der Waals surface area contributed by atoms with E-state index in [2.05, 4.69) is 15.3 Å². The van der Waals surface area contributed by atoms with E-state index in [1.165, 1.54) is 0 Å². The Morgan fingerprint density at radius 2 is 1.73 bits per heavy atom. The molecule has 1 aromatic heterocycles. The molecule has 1 aromatic carbocycles. The van der Waals surface area contributed by atoms with Crippen molar-refractivity contribution < 1.29 is 9.53 Å². The minimum absolute atomic E-state index is 0.0503. The molecule has 1 fully saturated rings. The molecular weight excluding hydrogens is 350 g/mol. The van der Waals surface area contributed by atoms with Crippen molar-refractivity contribution in [3.8, 4) is 6.01 Å². The average Bonchev–Trinajstić information content (AvgIpc) is 2.58. The number of nitrogens with one attached hydrogen (secondary N) is 1. The zero-order valence-corrected chi connectivity index (χ0v) is 15.9. The molecule has 0 radical (unpaired) electrons. The number of halogens is 1. The van der Waals surface area contributed by atoms with Crippen molar-refractivity contribution in [2.75, 3.05) is 0 Å². The second-order valence-electron chi connectivity index (χ2n) is 6.90. The van der Waals surface area contributed by atoms with Crippen molar-refractivity contribution in [1.82, 2.24) is 15.3 Å². The van der Waals surface area contributed by atoms with Crippen LogP contribution in [0.4, 0.5) is 0 Å². The number of nitrogens with zero attached hydrogens (tertiary/aromatic N) is 2. The number of carbonyl (C=O) groups excluding carboxylic acids is 1. The number of ether oxygens (including phenoxy) is 1. The quantitative estimate of drug-likeness (QED) is 0.865. The fraction of sp³-hybridized carbons (Fsp3) is 0.450. The second-order valence-corrected chi connectivity index (χ2v) is 7.33. The molecule has 0 spiro atoms. The number of rotatable bonds is 5. The minimum Gasteiger partial charge on any atom is -0.460 e. The summed E-state index contributed by atoms with van der Waals surface area (Å²) in [7, 11) is 0. The maximum atomic E-state index is 12.2. The highest BCUT2D eigenvalue weighted by Gasteiger charge is 2.24. The first kappa shape index (κ1) is 18.6. The molecule has 138 valence electrons. The van der Waals surface area contributed by atoms with Gasteiger partial charge in [0.05, 0.1) is 6.42 Å². The summed E-state index contributed by atoms with van der Waals surface area (Å²) >= 11 is 5.87. The monoisotopic (exact) mass is 373 g/mol. The molecule has 6 heteroatoms. The zero-order valence-electron chi connectivity index (χ0n) is 15.2. The van der Waals surface area contributed by atoms with Crippen molar-refractivity contribution in [1.29, 1.82) is 0 Å². The van der Waals surface area contributed by atoms with E-state index in [4.69, 9.17) is 16.3 Å². The van der Waals surface area contributed by atoms with Gasteiger partial charge in [-0.05, 0) is 63.3 Å². The lowest BCUT2D eigenvalue weighted by Crippen LogP contribution is -2.40. The van der Waals surface area contributed by atoms with Gasteiger partial charge in [0.2, 0.25) is 5.91 Å². The SMILES string of the molecule is Cc1cc(C)nc(OC2CCC(NC(=O)Cc3ccc(Cl)cc3)CC2)n1. The molecule has 0 atom stereocenters. The molecular formula is C20H24ClN3O2. The van der Waals surface area contributed by atoms with Gasteiger partial charge in [-0.25, -0.2) is 9.97 Å². The van der Waals surface area contributed by atoms with E-state index in [1.54, 1.807) is 0 Å². The lowest BCUT2D eigenvalue weighted by molar-refractivity contribution is -0.121. The van der Waals surface area contributed by atoms with Gasteiger partial charge in [0.25, 0.3) is 0 Å².